The van der Waals surface area contributed by atoms with Gasteiger partial charge < -0.3 is 10.1 Å². The van der Waals surface area contributed by atoms with E-state index < -0.39 is 11.6 Å². The lowest BCUT2D eigenvalue weighted by atomic mass is 10.2. The van der Waals surface area contributed by atoms with Crippen LogP contribution in [0, 0.1) is 11.6 Å². The zero-order valence-electron chi connectivity index (χ0n) is 10.5. The minimum atomic E-state index is -0.659. The van der Waals surface area contributed by atoms with Gasteiger partial charge in [0.1, 0.15) is 29.8 Å². The summed E-state index contributed by atoms with van der Waals surface area (Å²) < 4.78 is 31.4. The Balaban J connectivity index is 2.09. The highest BCUT2D eigenvalue weighted by molar-refractivity contribution is 5.43. The van der Waals surface area contributed by atoms with Crippen molar-refractivity contribution in [3.63, 3.8) is 0 Å². The average molecular weight is 264 g/mol. The number of benzene rings is 1. The van der Waals surface area contributed by atoms with E-state index in [0.717, 1.165) is 30.3 Å². The SMILES string of the molecule is CCNc1ncccc1COc1cc(F)cc(F)c1. The topological polar surface area (TPSA) is 34.2 Å². The maximum Gasteiger partial charge on any atom is 0.132 e. The Bertz CT molecular complexity index is 541. The van der Waals surface area contributed by atoms with E-state index in [4.69, 9.17) is 4.74 Å². The summed E-state index contributed by atoms with van der Waals surface area (Å²) in [5.41, 5.74) is 0.828. The van der Waals surface area contributed by atoms with Crippen molar-refractivity contribution in [3.05, 3.63) is 53.7 Å². The van der Waals surface area contributed by atoms with Crippen LogP contribution in [0.3, 0.4) is 0 Å². The summed E-state index contributed by atoms with van der Waals surface area (Å²) in [6, 6.07) is 6.73. The van der Waals surface area contributed by atoms with Crippen LogP contribution in [0.2, 0.25) is 0 Å². The Hall–Kier alpha value is -2.17. The summed E-state index contributed by atoms with van der Waals surface area (Å²) in [6.07, 6.45) is 1.67. The normalized spacial score (nSPS) is 10.3. The molecule has 0 atom stereocenters. The van der Waals surface area contributed by atoms with Gasteiger partial charge in [0.2, 0.25) is 0 Å². The van der Waals surface area contributed by atoms with Crippen LogP contribution in [0.4, 0.5) is 14.6 Å². The molecule has 0 saturated carbocycles. The zero-order chi connectivity index (χ0) is 13.7. The van der Waals surface area contributed by atoms with Crippen LogP contribution in [0.1, 0.15) is 12.5 Å². The summed E-state index contributed by atoms with van der Waals surface area (Å²) in [4.78, 5) is 4.18. The molecule has 1 heterocycles. The van der Waals surface area contributed by atoms with Gasteiger partial charge in [-0.2, -0.15) is 0 Å². The second-order valence-corrected chi connectivity index (χ2v) is 3.94. The number of anilines is 1. The molecule has 0 spiro atoms. The first-order valence-corrected chi connectivity index (χ1v) is 5.95. The van der Waals surface area contributed by atoms with Crippen molar-refractivity contribution in [3.8, 4) is 5.75 Å². The molecular formula is C14H14F2N2O. The molecule has 2 aromatic rings. The van der Waals surface area contributed by atoms with Gasteiger partial charge in [-0.25, -0.2) is 13.8 Å². The lowest BCUT2D eigenvalue weighted by Gasteiger charge is -2.11. The lowest BCUT2D eigenvalue weighted by Crippen LogP contribution is -2.05. The largest absolute Gasteiger partial charge is 0.489 e. The molecule has 0 amide bonds. The highest BCUT2D eigenvalue weighted by Crippen LogP contribution is 2.19. The van der Waals surface area contributed by atoms with Crippen LogP contribution < -0.4 is 10.1 Å². The molecule has 5 heteroatoms. The molecule has 0 fully saturated rings. The number of nitrogens with zero attached hydrogens (tertiary/aromatic N) is 1. The molecule has 0 bridgehead atoms. The van der Waals surface area contributed by atoms with E-state index in [-0.39, 0.29) is 12.4 Å². The van der Waals surface area contributed by atoms with Gasteiger partial charge in [-0.15, -0.1) is 0 Å². The third-order valence-corrected chi connectivity index (χ3v) is 2.47. The van der Waals surface area contributed by atoms with E-state index in [9.17, 15) is 8.78 Å². The highest BCUT2D eigenvalue weighted by atomic mass is 19.1. The Morgan fingerprint density at radius 1 is 1.21 bits per heavy atom. The third kappa shape index (κ3) is 3.64. The van der Waals surface area contributed by atoms with Crippen LogP contribution >= 0.6 is 0 Å². The van der Waals surface area contributed by atoms with Crippen molar-refractivity contribution in [2.45, 2.75) is 13.5 Å². The minimum Gasteiger partial charge on any atom is -0.489 e. The van der Waals surface area contributed by atoms with Gasteiger partial charge in [-0.3, -0.25) is 0 Å². The Labute approximate surface area is 110 Å². The van der Waals surface area contributed by atoms with E-state index in [2.05, 4.69) is 10.3 Å². The van der Waals surface area contributed by atoms with Gasteiger partial charge in [0.15, 0.2) is 0 Å². The number of nitrogens with one attached hydrogen (secondary N) is 1. The Kier molecular flexibility index (Phi) is 4.28. The van der Waals surface area contributed by atoms with Crippen molar-refractivity contribution < 1.29 is 13.5 Å². The second kappa shape index (κ2) is 6.13. The van der Waals surface area contributed by atoms with E-state index in [1.165, 1.54) is 0 Å². The fraction of sp³-hybridized carbons (Fsp3) is 0.214. The molecule has 100 valence electrons. The quantitative estimate of drug-likeness (QED) is 0.899. The molecule has 0 aliphatic carbocycles. The van der Waals surface area contributed by atoms with E-state index >= 15 is 0 Å². The van der Waals surface area contributed by atoms with Crippen LogP contribution in [-0.4, -0.2) is 11.5 Å². The molecule has 0 aliphatic heterocycles. The molecule has 2 rings (SSSR count). The van der Waals surface area contributed by atoms with Crippen molar-refractivity contribution in [2.75, 3.05) is 11.9 Å². The predicted molar refractivity (Wildman–Crippen MR) is 69.1 cm³/mol. The number of hydrogen-bond donors (Lipinski definition) is 1. The molecule has 1 N–H and O–H groups in total. The van der Waals surface area contributed by atoms with Gasteiger partial charge in [0.05, 0.1) is 0 Å². The summed E-state index contributed by atoms with van der Waals surface area (Å²) in [5, 5.41) is 3.10. The number of ether oxygens (including phenoxy) is 1. The third-order valence-electron chi connectivity index (χ3n) is 2.47. The highest BCUT2D eigenvalue weighted by Gasteiger charge is 2.05. The molecule has 3 nitrogen and oxygen atoms in total. The van der Waals surface area contributed by atoms with Gasteiger partial charge >= 0.3 is 0 Å². The molecule has 0 radical (unpaired) electrons. The second-order valence-electron chi connectivity index (χ2n) is 3.94. The van der Waals surface area contributed by atoms with Crippen LogP contribution in [0.5, 0.6) is 5.75 Å². The summed E-state index contributed by atoms with van der Waals surface area (Å²) in [5.74, 6) is -0.452. The molecule has 0 aliphatic rings. The van der Waals surface area contributed by atoms with Crippen molar-refractivity contribution in [2.24, 2.45) is 0 Å². The number of rotatable bonds is 5. The van der Waals surface area contributed by atoms with E-state index in [1.807, 2.05) is 13.0 Å². The van der Waals surface area contributed by atoms with Crippen molar-refractivity contribution in [1.82, 2.24) is 4.98 Å². The lowest BCUT2D eigenvalue weighted by molar-refractivity contribution is 0.303. The molecule has 0 saturated heterocycles. The zero-order valence-corrected chi connectivity index (χ0v) is 10.5. The van der Waals surface area contributed by atoms with Crippen LogP contribution in [0.15, 0.2) is 36.5 Å². The van der Waals surface area contributed by atoms with Gasteiger partial charge in [0.25, 0.3) is 0 Å². The van der Waals surface area contributed by atoms with E-state index in [0.29, 0.717) is 5.82 Å². The summed E-state index contributed by atoms with van der Waals surface area (Å²) in [7, 11) is 0. The molecule has 0 unspecified atom stereocenters. The monoisotopic (exact) mass is 264 g/mol. The van der Waals surface area contributed by atoms with Gasteiger partial charge in [0, 0.05) is 36.5 Å². The molecule has 1 aromatic carbocycles. The first-order chi connectivity index (χ1) is 9.19. The maximum absolute atomic E-state index is 13.0. The first-order valence-electron chi connectivity index (χ1n) is 5.95. The smallest absolute Gasteiger partial charge is 0.132 e. The minimum absolute atomic E-state index is 0.156. The average Bonchev–Trinajstić information content (AvgIpc) is 2.37. The maximum atomic E-state index is 13.0. The van der Waals surface area contributed by atoms with Crippen molar-refractivity contribution >= 4 is 5.82 Å². The fourth-order valence-corrected chi connectivity index (χ4v) is 1.65. The summed E-state index contributed by atoms with van der Waals surface area (Å²) >= 11 is 0. The van der Waals surface area contributed by atoms with Crippen molar-refractivity contribution in [1.29, 1.82) is 0 Å². The van der Waals surface area contributed by atoms with Crippen LogP contribution in [-0.2, 0) is 6.61 Å². The summed E-state index contributed by atoms with van der Waals surface area (Å²) in [6.45, 7) is 2.89. The van der Waals surface area contributed by atoms with Crippen LogP contribution in [0.25, 0.3) is 0 Å². The number of hydrogen-bond acceptors (Lipinski definition) is 3. The van der Waals surface area contributed by atoms with Gasteiger partial charge in [-0.05, 0) is 13.0 Å². The Morgan fingerprint density at radius 2 is 1.95 bits per heavy atom. The van der Waals surface area contributed by atoms with E-state index in [1.54, 1.807) is 12.3 Å². The molecule has 1 aromatic heterocycles. The fourth-order valence-electron chi connectivity index (χ4n) is 1.65. The molecule has 19 heavy (non-hydrogen) atoms. The van der Waals surface area contributed by atoms with Gasteiger partial charge in [-0.1, -0.05) is 6.07 Å². The first kappa shape index (κ1) is 13.3. The Morgan fingerprint density at radius 3 is 2.63 bits per heavy atom. The predicted octanol–water partition coefficient (Wildman–Crippen LogP) is 3.37. The molecular weight excluding hydrogens is 250 g/mol. The number of halogens is 2. The number of aromatic nitrogens is 1. The standard InChI is InChI=1S/C14H14F2N2O/c1-2-17-14-10(4-3-5-18-14)9-19-13-7-11(15)6-12(16)8-13/h3-8H,2,9H2,1H3,(H,17,18). The number of pyridine rings is 1.